The van der Waals surface area contributed by atoms with Crippen LogP contribution in [0.4, 0.5) is 0 Å². The molecule has 0 heterocycles. The molecule has 3 N–H and O–H groups in total. The van der Waals surface area contributed by atoms with Crippen LogP contribution in [0.2, 0.25) is 0 Å². The largest absolute Gasteiger partial charge is 0.508 e. The highest BCUT2D eigenvalue weighted by molar-refractivity contribution is 5.75. The van der Waals surface area contributed by atoms with Gasteiger partial charge in [-0.2, -0.15) is 0 Å². The summed E-state index contributed by atoms with van der Waals surface area (Å²) in [7, 11) is 1.32. The Morgan fingerprint density at radius 1 is 1.47 bits per heavy atom. The summed E-state index contributed by atoms with van der Waals surface area (Å²) in [4.78, 5) is 11.0. The maximum atomic E-state index is 11.0. The van der Waals surface area contributed by atoms with E-state index >= 15 is 0 Å². The third kappa shape index (κ3) is 3.59. The van der Waals surface area contributed by atoms with Gasteiger partial charge < -0.3 is 15.6 Å². The number of phenols is 1. The van der Waals surface area contributed by atoms with E-state index in [1.54, 1.807) is 24.3 Å². The molecule has 1 atom stereocenters. The number of esters is 1. The summed E-state index contributed by atoms with van der Waals surface area (Å²) in [6.45, 7) is 0. The van der Waals surface area contributed by atoms with Gasteiger partial charge in [0.05, 0.1) is 7.11 Å². The van der Waals surface area contributed by atoms with E-state index in [0.29, 0.717) is 12.8 Å². The molecule has 0 saturated carbocycles. The first kappa shape index (κ1) is 11.5. The average Bonchev–Trinajstić information content (AvgIpc) is 2.26. The summed E-state index contributed by atoms with van der Waals surface area (Å²) >= 11 is 0. The molecule has 0 amide bonds. The van der Waals surface area contributed by atoms with Crippen LogP contribution >= 0.6 is 0 Å². The van der Waals surface area contributed by atoms with Gasteiger partial charge in [-0.25, -0.2) is 0 Å². The third-order valence-corrected chi connectivity index (χ3v) is 2.18. The van der Waals surface area contributed by atoms with Crippen LogP contribution in [0, 0.1) is 0 Å². The SMILES string of the molecule is COC(=O)C(N)CCc1ccc(O)cc1. The van der Waals surface area contributed by atoms with Gasteiger partial charge in [-0.15, -0.1) is 0 Å². The van der Waals surface area contributed by atoms with Crippen molar-refractivity contribution in [2.24, 2.45) is 5.73 Å². The number of carbonyl (C=O) groups excluding carboxylic acids is 1. The van der Waals surface area contributed by atoms with Crippen molar-refractivity contribution < 1.29 is 14.6 Å². The van der Waals surface area contributed by atoms with Crippen molar-refractivity contribution >= 4 is 5.97 Å². The minimum absolute atomic E-state index is 0.232. The fraction of sp³-hybridized carbons (Fsp3) is 0.364. The van der Waals surface area contributed by atoms with Gasteiger partial charge in [-0.05, 0) is 30.5 Å². The number of hydrogen-bond donors (Lipinski definition) is 2. The number of hydrogen-bond acceptors (Lipinski definition) is 4. The minimum Gasteiger partial charge on any atom is -0.508 e. The number of aromatic hydroxyl groups is 1. The normalized spacial score (nSPS) is 12.1. The Balaban J connectivity index is 2.43. The van der Waals surface area contributed by atoms with Gasteiger partial charge in [-0.3, -0.25) is 4.79 Å². The number of methoxy groups -OCH3 is 1. The monoisotopic (exact) mass is 209 g/mol. The number of carbonyl (C=O) groups is 1. The smallest absolute Gasteiger partial charge is 0.322 e. The van der Waals surface area contributed by atoms with Crippen molar-refractivity contribution in [2.75, 3.05) is 7.11 Å². The van der Waals surface area contributed by atoms with Crippen molar-refractivity contribution in [3.05, 3.63) is 29.8 Å². The van der Waals surface area contributed by atoms with Crippen molar-refractivity contribution in [3.8, 4) is 5.75 Å². The number of nitrogens with two attached hydrogens (primary N) is 1. The molecule has 1 aromatic rings. The number of ether oxygens (including phenoxy) is 1. The van der Waals surface area contributed by atoms with E-state index in [0.717, 1.165) is 5.56 Å². The molecule has 0 saturated heterocycles. The molecule has 4 heteroatoms. The molecule has 0 aromatic heterocycles. The number of benzene rings is 1. The summed E-state index contributed by atoms with van der Waals surface area (Å²) < 4.78 is 4.52. The summed E-state index contributed by atoms with van der Waals surface area (Å²) in [5, 5.41) is 9.06. The van der Waals surface area contributed by atoms with Gasteiger partial charge in [-0.1, -0.05) is 12.1 Å². The van der Waals surface area contributed by atoms with Crippen LogP contribution in [-0.4, -0.2) is 24.2 Å². The van der Waals surface area contributed by atoms with Crippen molar-refractivity contribution in [1.82, 2.24) is 0 Å². The van der Waals surface area contributed by atoms with Gasteiger partial charge in [0.1, 0.15) is 11.8 Å². The zero-order valence-electron chi connectivity index (χ0n) is 8.64. The lowest BCUT2D eigenvalue weighted by molar-refractivity contribution is -0.142. The van der Waals surface area contributed by atoms with Crippen LogP contribution in [0.3, 0.4) is 0 Å². The Labute approximate surface area is 88.7 Å². The number of aryl methyl sites for hydroxylation is 1. The maximum absolute atomic E-state index is 11.0. The Morgan fingerprint density at radius 3 is 2.60 bits per heavy atom. The maximum Gasteiger partial charge on any atom is 0.322 e. The zero-order valence-corrected chi connectivity index (χ0v) is 8.64. The predicted octanol–water partition coefficient (Wildman–Crippen LogP) is 0.825. The molecule has 0 spiro atoms. The quantitative estimate of drug-likeness (QED) is 0.720. The second-order valence-electron chi connectivity index (χ2n) is 3.33. The zero-order chi connectivity index (χ0) is 11.3. The van der Waals surface area contributed by atoms with E-state index in [-0.39, 0.29) is 5.75 Å². The second kappa shape index (κ2) is 5.36. The highest BCUT2D eigenvalue weighted by Gasteiger charge is 2.12. The first-order valence-corrected chi connectivity index (χ1v) is 4.75. The van der Waals surface area contributed by atoms with Crippen LogP contribution < -0.4 is 5.73 Å². The van der Waals surface area contributed by atoms with E-state index in [1.165, 1.54) is 7.11 Å². The molecule has 4 nitrogen and oxygen atoms in total. The van der Waals surface area contributed by atoms with Gasteiger partial charge in [0, 0.05) is 0 Å². The summed E-state index contributed by atoms with van der Waals surface area (Å²) in [6, 6.07) is 6.25. The van der Waals surface area contributed by atoms with Crippen LogP contribution in [0.1, 0.15) is 12.0 Å². The topological polar surface area (TPSA) is 72.5 Å². The molecule has 0 bridgehead atoms. The van der Waals surface area contributed by atoms with Gasteiger partial charge in [0.25, 0.3) is 0 Å². The first-order chi connectivity index (χ1) is 7.13. The Hall–Kier alpha value is -1.55. The van der Waals surface area contributed by atoms with E-state index < -0.39 is 12.0 Å². The lowest BCUT2D eigenvalue weighted by Crippen LogP contribution is -2.31. The van der Waals surface area contributed by atoms with Gasteiger partial charge in [0.15, 0.2) is 0 Å². The first-order valence-electron chi connectivity index (χ1n) is 4.75. The standard InChI is InChI=1S/C11H15NO3/c1-15-11(14)10(12)7-4-8-2-5-9(13)6-3-8/h2-3,5-6,10,13H,4,7,12H2,1H3. The molecule has 82 valence electrons. The lowest BCUT2D eigenvalue weighted by atomic mass is 10.1. The van der Waals surface area contributed by atoms with Crippen molar-refractivity contribution in [2.45, 2.75) is 18.9 Å². The van der Waals surface area contributed by atoms with Crippen LogP contribution in [0.15, 0.2) is 24.3 Å². The Kier molecular flexibility index (Phi) is 4.12. The molecular weight excluding hydrogens is 194 g/mol. The minimum atomic E-state index is -0.580. The molecule has 0 aliphatic heterocycles. The third-order valence-electron chi connectivity index (χ3n) is 2.18. The van der Waals surface area contributed by atoms with Crippen molar-refractivity contribution in [1.29, 1.82) is 0 Å². The van der Waals surface area contributed by atoms with Crippen LogP contribution in [0.25, 0.3) is 0 Å². The van der Waals surface area contributed by atoms with Gasteiger partial charge in [0.2, 0.25) is 0 Å². The van der Waals surface area contributed by atoms with Gasteiger partial charge >= 0.3 is 5.97 Å². The molecule has 0 fully saturated rings. The molecule has 1 aromatic carbocycles. The Morgan fingerprint density at radius 2 is 2.07 bits per heavy atom. The fourth-order valence-corrected chi connectivity index (χ4v) is 1.25. The molecule has 1 rings (SSSR count). The van der Waals surface area contributed by atoms with E-state index in [1.807, 2.05) is 0 Å². The molecular formula is C11H15NO3. The molecule has 1 unspecified atom stereocenters. The number of rotatable bonds is 4. The van der Waals surface area contributed by atoms with Crippen molar-refractivity contribution in [3.63, 3.8) is 0 Å². The molecule has 15 heavy (non-hydrogen) atoms. The number of phenolic OH excluding ortho intramolecular Hbond substituents is 1. The summed E-state index contributed by atoms with van der Waals surface area (Å²) in [6.07, 6.45) is 1.23. The summed E-state index contributed by atoms with van der Waals surface area (Å²) in [5.41, 5.74) is 6.62. The average molecular weight is 209 g/mol. The fourth-order valence-electron chi connectivity index (χ4n) is 1.25. The molecule has 0 aliphatic carbocycles. The highest BCUT2D eigenvalue weighted by Crippen LogP contribution is 2.11. The second-order valence-corrected chi connectivity index (χ2v) is 3.33. The molecule has 0 aliphatic rings. The highest BCUT2D eigenvalue weighted by atomic mass is 16.5. The molecule has 0 radical (unpaired) electrons. The Bertz CT molecular complexity index is 321. The van der Waals surface area contributed by atoms with Crippen LogP contribution in [-0.2, 0) is 16.0 Å². The van der Waals surface area contributed by atoms with E-state index in [4.69, 9.17) is 10.8 Å². The predicted molar refractivity (Wildman–Crippen MR) is 56.4 cm³/mol. The lowest BCUT2D eigenvalue weighted by Gasteiger charge is -2.08. The van der Waals surface area contributed by atoms with Crippen LogP contribution in [0.5, 0.6) is 5.75 Å². The van der Waals surface area contributed by atoms with E-state index in [9.17, 15) is 4.79 Å². The van der Waals surface area contributed by atoms with E-state index in [2.05, 4.69) is 4.74 Å². The summed E-state index contributed by atoms with van der Waals surface area (Å²) in [5.74, 6) is -0.162.